The highest BCUT2D eigenvalue weighted by molar-refractivity contribution is 7.07. The van der Waals surface area contributed by atoms with Crippen LogP contribution < -0.4 is 0 Å². The van der Waals surface area contributed by atoms with Crippen LogP contribution >= 0.6 is 11.3 Å². The quantitative estimate of drug-likeness (QED) is 0.741. The molecule has 0 radical (unpaired) electrons. The second-order valence-electron chi connectivity index (χ2n) is 5.43. The minimum Gasteiger partial charge on any atom is -0.409 e. The molecule has 86 valence electrons. The summed E-state index contributed by atoms with van der Waals surface area (Å²) in [7, 11) is -1.66. The van der Waals surface area contributed by atoms with E-state index in [4.69, 9.17) is 4.43 Å². The summed E-state index contributed by atoms with van der Waals surface area (Å²) in [6.07, 6.45) is 0.122. The van der Waals surface area contributed by atoms with Gasteiger partial charge in [0.1, 0.15) is 0 Å². The molecule has 0 bridgehead atoms. The van der Waals surface area contributed by atoms with Crippen LogP contribution in [0.3, 0.4) is 0 Å². The maximum Gasteiger partial charge on any atom is 0.192 e. The van der Waals surface area contributed by atoms with Crippen molar-refractivity contribution in [3.8, 4) is 0 Å². The maximum absolute atomic E-state index is 6.23. The molecule has 1 aromatic heterocycles. The lowest BCUT2D eigenvalue weighted by Crippen LogP contribution is -2.41. The van der Waals surface area contributed by atoms with Crippen LogP contribution in [0.4, 0.5) is 0 Å². The lowest BCUT2D eigenvalue weighted by atomic mass is 10.2. The van der Waals surface area contributed by atoms with E-state index in [0.717, 1.165) is 5.69 Å². The summed E-state index contributed by atoms with van der Waals surface area (Å²) >= 11 is 1.63. The zero-order chi connectivity index (χ0) is 11.7. The molecule has 0 N–H and O–H groups in total. The van der Waals surface area contributed by atoms with E-state index in [1.807, 2.05) is 5.51 Å². The monoisotopic (exact) mass is 243 g/mol. The Bertz CT molecular complexity index is 303. The first kappa shape index (κ1) is 12.9. The first-order chi connectivity index (χ1) is 6.74. The molecule has 1 aromatic rings. The van der Waals surface area contributed by atoms with E-state index in [1.165, 1.54) is 0 Å². The SMILES string of the molecule is C[C@@H](O[Si](C)(C)C(C)(C)C)c1cscn1. The summed E-state index contributed by atoms with van der Waals surface area (Å²) in [6.45, 7) is 13.4. The predicted octanol–water partition coefficient (Wildman–Crippen LogP) is 4.23. The van der Waals surface area contributed by atoms with Crippen molar-refractivity contribution in [2.75, 3.05) is 0 Å². The van der Waals surface area contributed by atoms with E-state index in [1.54, 1.807) is 11.3 Å². The zero-order valence-corrected chi connectivity index (χ0v) is 12.3. The lowest BCUT2D eigenvalue weighted by molar-refractivity contribution is 0.199. The highest BCUT2D eigenvalue weighted by Gasteiger charge is 2.38. The standard InChI is InChI=1S/C11H21NOSSi/c1-9(10-7-14-8-12-10)13-15(5,6)11(2,3)4/h7-9H,1-6H3/t9-/m1/s1. The summed E-state index contributed by atoms with van der Waals surface area (Å²) in [6, 6.07) is 0. The highest BCUT2D eigenvalue weighted by atomic mass is 32.1. The second kappa shape index (κ2) is 4.35. The van der Waals surface area contributed by atoms with Crippen molar-refractivity contribution in [1.82, 2.24) is 4.98 Å². The number of aromatic nitrogens is 1. The Kier molecular flexibility index (Phi) is 3.74. The molecule has 2 nitrogen and oxygen atoms in total. The van der Waals surface area contributed by atoms with E-state index in [0.29, 0.717) is 0 Å². The molecule has 0 aliphatic heterocycles. The van der Waals surface area contributed by atoms with Gasteiger partial charge in [-0.15, -0.1) is 11.3 Å². The van der Waals surface area contributed by atoms with Gasteiger partial charge in [0.15, 0.2) is 8.32 Å². The van der Waals surface area contributed by atoms with Crippen molar-refractivity contribution in [3.05, 3.63) is 16.6 Å². The van der Waals surface area contributed by atoms with Gasteiger partial charge in [0.2, 0.25) is 0 Å². The molecule has 0 unspecified atom stereocenters. The van der Waals surface area contributed by atoms with Gasteiger partial charge in [-0.3, -0.25) is 0 Å². The molecule has 1 heterocycles. The highest BCUT2D eigenvalue weighted by Crippen LogP contribution is 2.39. The molecule has 15 heavy (non-hydrogen) atoms. The van der Waals surface area contributed by atoms with Gasteiger partial charge in [0.05, 0.1) is 17.3 Å². The van der Waals surface area contributed by atoms with Gasteiger partial charge in [-0.25, -0.2) is 4.98 Å². The number of hydrogen-bond acceptors (Lipinski definition) is 3. The molecule has 0 fully saturated rings. The molecule has 0 amide bonds. The van der Waals surface area contributed by atoms with Gasteiger partial charge >= 0.3 is 0 Å². The average Bonchev–Trinajstić information content (AvgIpc) is 2.51. The number of thiazole rings is 1. The van der Waals surface area contributed by atoms with Gasteiger partial charge in [0.25, 0.3) is 0 Å². The fourth-order valence-corrected chi connectivity index (χ4v) is 3.10. The van der Waals surface area contributed by atoms with Crippen LogP contribution in [0.2, 0.25) is 18.1 Å². The van der Waals surface area contributed by atoms with Gasteiger partial charge in [-0.1, -0.05) is 20.8 Å². The topological polar surface area (TPSA) is 22.1 Å². The van der Waals surface area contributed by atoms with Crippen molar-refractivity contribution in [3.63, 3.8) is 0 Å². The normalized spacial score (nSPS) is 15.3. The molecule has 1 atom stereocenters. The third-order valence-electron chi connectivity index (χ3n) is 3.15. The molecule has 4 heteroatoms. The van der Waals surface area contributed by atoms with Crippen molar-refractivity contribution >= 4 is 19.7 Å². The summed E-state index contributed by atoms with van der Waals surface area (Å²) in [5, 5.41) is 2.33. The number of nitrogens with zero attached hydrogens (tertiary/aromatic N) is 1. The molecule has 1 rings (SSSR count). The molecule has 0 saturated heterocycles. The number of rotatable bonds is 3. The van der Waals surface area contributed by atoms with Crippen molar-refractivity contribution in [2.45, 2.75) is 51.9 Å². The molecule has 0 aliphatic carbocycles. The third kappa shape index (κ3) is 3.13. The van der Waals surface area contributed by atoms with Gasteiger partial charge in [-0.2, -0.15) is 0 Å². The minimum absolute atomic E-state index is 0.122. The van der Waals surface area contributed by atoms with E-state index in [-0.39, 0.29) is 11.1 Å². The fraction of sp³-hybridized carbons (Fsp3) is 0.727. The first-order valence-electron chi connectivity index (χ1n) is 5.30. The van der Waals surface area contributed by atoms with Crippen LogP contribution in [0.5, 0.6) is 0 Å². The van der Waals surface area contributed by atoms with Crippen LogP contribution in [-0.2, 0) is 4.43 Å². The third-order valence-corrected chi connectivity index (χ3v) is 8.31. The molecular formula is C11H21NOSSi. The van der Waals surface area contributed by atoms with Crippen molar-refractivity contribution in [1.29, 1.82) is 0 Å². The summed E-state index contributed by atoms with van der Waals surface area (Å²) in [5.74, 6) is 0. The predicted molar refractivity (Wildman–Crippen MR) is 68.8 cm³/mol. The summed E-state index contributed by atoms with van der Waals surface area (Å²) in [4.78, 5) is 4.30. The number of hydrogen-bond donors (Lipinski definition) is 0. The van der Waals surface area contributed by atoms with E-state index < -0.39 is 8.32 Å². The molecule has 0 aliphatic rings. The Morgan fingerprint density at radius 3 is 2.40 bits per heavy atom. The van der Waals surface area contributed by atoms with Gasteiger partial charge < -0.3 is 4.43 Å². The lowest BCUT2D eigenvalue weighted by Gasteiger charge is -2.38. The van der Waals surface area contributed by atoms with E-state index in [2.05, 4.69) is 51.2 Å². The molecule has 0 spiro atoms. The van der Waals surface area contributed by atoms with Crippen LogP contribution in [0.15, 0.2) is 10.9 Å². The molecular weight excluding hydrogens is 222 g/mol. The Balaban J connectivity index is 2.70. The molecule has 0 aromatic carbocycles. The Labute approximate surface area is 97.8 Å². The first-order valence-corrected chi connectivity index (χ1v) is 9.15. The van der Waals surface area contributed by atoms with E-state index >= 15 is 0 Å². The van der Waals surface area contributed by atoms with Crippen LogP contribution in [0.1, 0.15) is 39.5 Å². The summed E-state index contributed by atoms with van der Waals surface area (Å²) in [5.41, 5.74) is 2.92. The Morgan fingerprint density at radius 1 is 1.40 bits per heavy atom. The molecule has 0 saturated carbocycles. The van der Waals surface area contributed by atoms with Crippen LogP contribution in [-0.4, -0.2) is 13.3 Å². The van der Waals surface area contributed by atoms with Crippen molar-refractivity contribution < 1.29 is 4.43 Å². The zero-order valence-electron chi connectivity index (χ0n) is 10.5. The van der Waals surface area contributed by atoms with E-state index in [9.17, 15) is 0 Å². The van der Waals surface area contributed by atoms with Crippen LogP contribution in [0, 0.1) is 0 Å². The fourth-order valence-electron chi connectivity index (χ4n) is 1.10. The summed E-state index contributed by atoms with van der Waals surface area (Å²) < 4.78 is 6.23. The second-order valence-corrected chi connectivity index (χ2v) is 10.9. The minimum atomic E-state index is -1.66. The smallest absolute Gasteiger partial charge is 0.192 e. The largest absolute Gasteiger partial charge is 0.409 e. The van der Waals surface area contributed by atoms with Gasteiger partial charge in [0, 0.05) is 5.38 Å². The maximum atomic E-state index is 6.23. The average molecular weight is 243 g/mol. The Morgan fingerprint density at radius 2 is 2.00 bits per heavy atom. The Hall–Kier alpha value is -0.193. The van der Waals surface area contributed by atoms with Crippen LogP contribution in [0.25, 0.3) is 0 Å². The van der Waals surface area contributed by atoms with Crippen molar-refractivity contribution in [2.24, 2.45) is 0 Å². The van der Waals surface area contributed by atoms with Gasteiger partial charge in [-0.05, 0) is 25.1 Å².